The highest BCUT2D eigenvalue weighted by molar-refractivity contribution is 5.81. The molecule has 0 radical (unpaired) electrons. The van der Waals surface area contributed by atoms with Crippen molar-refractivity contribution in [1.82, 2.24) is 0 Å². The van der Waals surface area contributed by atoms with Crippen molar-refractivity contribution in [3.63, 3.8) is 0 Å². The molecule has 26 heavy (non-hydrogen) atoms. The summed E-state index contributed by atoms with van der Waals surface area (Å²) in [6, 6.07) is 2.29. The van der Waals surface area contributed by atoms with E-state index in [9.17, 15) is 13.6 Å². The quantitative estimate of drug-likeness (QED) is 0.830. The summed E-state index contributed by atoms with van der Waals surface area (Å²) in [5, 5.41) is 0. The Balaban J connectivity index is 1.39. The highest BCUT2D eigenvalue weighted by Gasteiger charge is 2.37. The molecule has 2 N–H and O–H groups in total. The number of hydrogen-bond acceptors (Lipinski definition) is 2. The van der Waals surface area contributed by atoms with Gasteiger partial charge in [-0.25, -0.2) is 8.78 Å². The molecule has 0 aromatic heterocycles. The van der Waals surface area contributed by atoms with Gasteiger partial charge in [-0.2, -0.15) is 0 Å². The number of carbonyl (C=O) groups is 1. The molecule has 5 unspecified atom stereocenters. The molecule has 2 saturated carbocycles. The highest BCUT2D eigenvalue weighted by Crippen LogP contribution is 2.44. The third-order valence-electron chi connectivity index (χ3n) is 7.26. The van der Waals surface area contributed by atoms with Crippen LogP contribution in [0.5, 0.6) is 0 Å². The molecule has 4 rings (SSSR count). The van der Waals surface area contributed by atoms with Gasteiger partial charge in [0.2, 0.25) is 0 Å². The predicted molar refractivity (Wildman–Crippen MR) is 97.8 cm³/mol. The average Bonchev–Trinajstić information content (AvgIpc) is 3.04. The van der Waals surface area contributed by atoms with Crippen LogP contribution < -0.4 is 5.73 Å². The molecule has 142 valence electrons. The Hall–Kier alpha value is -1.29. The fraction of sp³-hybridized carbons (Fsp3) is 0.682. The fourth-order valence-electron chi connectivity index (χ4n) is 5.78. The van der Waals surface area contributed by atoms with Gasteiger partial charge in [0.1, 0.15) is 5.78 Å². The van der Waals surface area contributed by atoms with Crippen LogP contribution in [0.2, 0.25) is 0 Å². The van der Waals surface area contributed by atoms with Gasteiger partial charge >= 0.3 is 0 Å². The van der Waals surface area contributed by atoms with Crippen LogP contribution in [0.4, 0.5) is 8.78 Å². The second kappa shape index (κ2) is 7.38. The van der Waals surface area contributed by atoms with Gasteiger partial charge in [0, 0.05) is 24.3 Å². The van der Waals surface area contributed by atoms with Gasteiger partial charge in [-0.3, -0.25) is 4.79 Å². The van der Waals surface area contributed by atoms with E-state index in [4.69, 9.17) is 5.73 Å². The number of ketones is 1. The molecule has 3 aliphatic carbocycles. The van der Waals surface area contributed by atoms with Gasteiger partial charge in [0.05, 0.1) is 0 Å². The Morgan fingerprint density at radius 2 is 1.77 bits per heavy atom. The molecule has 0 heterocycles. The maximum absolute atomic E-state index is 13.6. The van der Waals surface area contributed by atoms with Crippen molar-refractivity contribution in [1.29, 1.82) is 0 Å². The lowest BCUT2D eigenvalue weighted by atomic mass is 9.66. The average molecular weight is 361 g/mol. The van der Waals surface area contributed by atoms with Crippen LogP contribution in [-0.4, -0.2) is 11.8 Å². The van der Waals surface area contributed by atoms with Crippen LogP contribution in [0.1, 0.15) is 74.8 Å². The molecule has 2 fully saturated rings. The molecular weight excluding hydrogens is 332 g/mol. The van der Waals surface area contributed by atoms with Crippen molar-refractivity contribution in [2.45, 2.75) is 76.2 Å². The summed E-state index contributed by atoms with van der Waals surface area (Å²) in [5.74, 6) is 0.370. The normalized spacial score (nSPS) is 32.0. The molecule has 0 amide bonds. The zero-order valence-electron chi connectivity index (χ0n) is 15.4. The SMILES string of the molecule is NC(CC(=O)C1CCC2CCCCC2C1)C1CCc2cc(F)c(F)cc21. The second-order valence-electron chi connectivity index (χ2n) is 8.76. The number of benzene rings is 1. The van der Waals surface area contributed by atoms with E-state index >= 15 is 0 Å². The van der Waals surface area contributed by atoms with Crippen molar-refractivity contribution in [2.24, 2.45) is 23.5 Å². The largest absolute Gasteiger partial charge is 0.327 e. The molecule has 0 aliphatic heterocycles. The standard InChI is InChI=1S/C22H29F2NO/c23-19-10-15-7-8-17(18(15)11-20(19)24)21(25)12-22(26)16-6-5-13-3-1-2-4-14(13)9-16/h10-11,13-14,16-17,21H,1-9,12,25H2. The topological polar surface area (TPSA) is 43.1 Å². The van der Waals surface area contributed by atoms with Gasteiger partial charge in [-0.05, 0) is 67.2 Å². The zero-order valence-corrected chi connectivity index (χ0v) is 15.4. The molecular formula is C22H29F2NO. The summed E-state index contributed by atoms with van der Waals surface area (Å²) >= 11 is 0. The lowest BCUT2D eigenvalue weighted by Gasteiger charge is -2.39. The monoisotopic (exact) mass is 361 g/mol. The Kier molecular flexibility index (Phi) is 5.13. The molecule has 5 atom stereocenters. The second-order valence-corrected chi connectivity index (χ2v) is 8.76. The van der Waals surface area contributed by atoms with E-state index < -0.39 is 11.6 Å². The summed E-state index contributed by atoms with van der Waals surface area (Å²) in [6.07, 6.45) is 10.4. The summed E-state index contributed by atoms with van der Waals surface area (Å²) in [7, 11) is 0. The van der Waals surface area contributed by atoms with Crippen LogP contribution in [-0.2, 0) is 11.2 Å². The first-order valence-electron chi connectivity index (χ1n) is 10.3. The van der Waals surface area contributed by atoms with Crippen LogP contribution in [0.3, 0.4) is 0 Å². The van der Waals surface area contributed by atoms with Crippen molar-refractivity contribution < 1.29 is 13.6 Å². The van der Waals surface area contributed by atoms with Gasteiger partial charge in [0.25, 0.3) is 0 Å². The Labute approximate surface area is 154 Å². The minimum atomic E-state index is -0.815. The van der Waals surface area contributed by atoms with E-state index in [1.807, 2.05) is 0 Å². The molecule has 0 bridgehead atoms. The summed E-state index contributed by atoms with van der Waals surface area (Å²) in [6.45, 7) is 0. The number of nitrogens with two attached hydrogens (primary N) is 1. The maximum atomic E-state index is 13.6. The van der Waals surface area contributed by atoms with E-state index in [1.165, 1.54) is 44.2 Å². The van der Waals surface area contributed by atoms with Crippen molar-refractivity contribution in [2.75, 3.05) is 0 Å². The van der Waals surface area contributed by atoms with Crippen molar-refractivity contribution in [3.05, 3.63) is 34.9 Å². The first-order valence-corrected chi connectivity index (χ1v) is 10.3. The van der Waals surface area contributed by atoms with Gasteiger partial charge < -0.3 is 5.73 Å². The van der Waals surface area contributed by atoms with Crippen molar-refractivity contribution >= 4 is 5.78 Å². The van der Waals surface area contributed by atoms with E-state index in [0.717, 1.165) is 42.2 Å². The third-order valence-corrected chi connectivity index (χ3v) is 7.26. The number of Topliss-reactive ketones (excluding diaryl/α,β-unsaturated/α-hetero) is 1. The number of halogens is 2. The maximum Gasteiger partial charge on any atom is 0.159 e. The first kappa shape index (κ1) is 18.1. The molecule has 1 aromatic rings. The van der Waals surface area contributed by atoms with Crippen molar-refractivity contribution in [3.8, 4) is 0 Å². The molecule has 0 spiro atoms. The molecule has 0 saturated heterocycles. The van der Waals surface area contributed by atoms with E-state index in [0.29, 0.717) is 12.8 Å². The summed E-state index contributed by atoms with van der Waals surface area (Å²) in [4.78, 5) is 12.9. The third kappa shape index (κ3) is 3.45. The molecule has 3 aliphatic rings. The minimum absolute atomic E-state index is 0.0323. The van der Waals surface area contributed by atoms with Gasteiger partial charge in [-0.1, -0.05) is 25.7 Å². The predicted octanol–water partition coefficient (Wildman–Crippen LogP) is 4.89. The van der Waals surface area contributed by atoms with Crippen LogP contribution in [0.25, 0.3) is 0 Å². The number of rotatable bonds is 4. The van der Waals surface area contributed by atoms with Gasteiger partial charge in [-0.15, -0.1) is 0 Å². The smallest absolute Gasteiger partial charge is 0.159 e. The minimum Gasteiger partial charge on any atom is -0.327 e. The van der Waals surface area contributed by atoms with Crippen LogP contribution in [0, 0.1) is 29.4 Å². The lowest BCUT2D eigenvalue weighted by molar-refractivity contribution is -0.125. The number of carbonyl (C=O) groups excluding carboxylic acids is 1. The first-order chi connectivity index (χ1) is 12.5. The van der Waals surface area contributed by atoms with E-state index in [-0.39, 0.29) is 23.7 Å². The number of fused-ring (bicyclic) bond motifs is 2. The molecule has 2 nitrogen and oxygen atoms in total. The van der Waals surface area contributed by atoms with E-state index in [1.54, 1.807) is 0 Å². The Morgan fingerprint density at radius 1 is 1.04 bits per heavy atom. The lowest BCUT2D eigenvalue weighted by Crippen LogP contribution is -2.36. The Bertz CT molecular complexity index is 689. The van der Waals surface area contributed by atoms with E-state index in [2.05, 4.69) is 0 Å². The van der Waals surface area contributed by atoms with Crippen LogP contribution in [0.15, 0.2) is 12.1 Å². The number of aryl methyl sites for hydroxylation is 1. The van der Waals surface area contributed by atoms with Gasteiger partial charge in [0.15, 0.2) is 11.6 Å². The Morgan fingerprint density at radius 3 is 2.58 bits per heavy atom. The summed E-state index contributed by atoms with van der Waals surface area (Å²) in [5.41, 5.74) is 8.04. The summed E-state index contributed by atoms with van der Waals surface area (Å²) < 4.78 is 27.1. The highest BCUT2D eigenvalue weighted by atomic mass is 19.2. The molecule has 4 heteroatoms. The number of hydrogen-bond donors (Lipinski definition) is 1. The molecule has 1 aromatic carbocycles. The zero-order chi connectivity index (χ0) is 18.3. The fourth-order valence-corrected chi connectivity index (χ4v) is 5.78. The van der Waals surface area contributed by atoms with Crippen LogP contribution >= 0.6 is 0 Å².